The fourth-order valence-corrected chi connectivity index (χ4v) is 3.08. The minimum atomic E-state index is -0.0735. The highest BCUT2D eigenvalue weighted by atomic mass is 16.5. The average Bonchev–Trinajstić information content (AvgIpc) is 2.40. The molecule has 3 atom stereocenters. The van der Waals surface area contributed by atoms with Crippen LogP contribution in [-0.2, 0) is 9.53 Å². The van der Waals surface area contributed by atoms with Gasteiger partial charge in [-0.1, -0.05) is 0 Å². The summed E-state index contributed by atoms with van der Waals surface area (Å²) in [5.74, 6) is 1.36. The Labute approximate surface area is 103 Å². The van der Waals surface area contributed by atoms with Crippen LogP contribution >= 0.6 is 0 Å². The van der Waals surface area contributed by atoms with E-state index in [1.165, 1.54) is 19.3 Å². The monoisotopic (exact) mass is 240 g/mol. The third kappa shape index (κ3) is 3.42. The summed E-state index contributed by atoms with van der Waals surface area (Å²) in [7, 11) is 0. The Bertz CT molecular complexity index is 252. The first-order valence-electron chi connectivity index (χ1n) is 6.92. The van der Waals surface area contributed by atoms with E-state index >= 15 is 0 Å². The molecule has 2 N–H and O–H groups in total. The van der Waals surface area contributed by atoms with Crippen molar-refractivity contribution in [2.45, 2.75) is 38.6 Å². The second kappa shape index (κ2) is 6.36. The summed E-state index contributed by atoms with van der Waals surface area (Å²) in [5, 5.41) is 6.74. The SMILES string of the molecule is CCOC(=O)C1CC(C2CCCNC2)CCN1. The van der Waals surface area contributed by atoms with Crippen molar-refractivity contribution in [3.05, 3.63) is 0 Å². The maximum Gasteiger partial charge on any atom is 0.323 e. The molecule has 2 rings (SSSR count). The van der Waals surface area contributed by atoms with Crippen LogP contribution in [0.5, 0.6) is 0 Å². The van der Waals surface area contributed by atoms with Crippen LogP contribution in [0.2, 0.25) is 0 Å². The van der Waals surface area contributed by atoms with Crippen LogP contribution in [0.15, 0.2) is 0 Å². The normalized spacial score (nSPS) is 34.3. The standard InChI is InChI=1S/C13H24N2O2/c1-2-17-13(16)12-8-10(5-7-15-12)11-4-3-6-14-9-11/h10-12,14-15H,2-9H2,1H3. The van der Waals surface area contributed by atoms with Gasteiger partial charge in [-0.3, -0.25) is 4.79 Å². The zero-order valence-electron chi connectivity index (χ0n) is 10.7. The van der Waals surface area contributed by atoms with Crippen molar-refractivity contribution in [2.24, 2.45) is 11.8 Å². The van der Waals surface area contributed by atoms with E-state index < -0.39 is 0 Å². The number of carbonyl (C=O) groups excluding carboxylic acids is 1. The number of piperidine rings is 2. The molecule has 0 aromatic carbocycles. The molecule has 2 aliphatic rings. The number of nitrogens with one attached hydrogen (secondary N) is 2. The second-order valence-electron chi connectivity index (χ2n) is 5.15. The van der Waals surface area contributed by atoms with Crippen molar-refractivity contribution in [1.29, 1.82) is 0 Å². The molecule has 3 unspecified atom stereocenters. The lowest BCUT2D eigenvalue weighted by molar-refractivity contribution is -0.146. The van der Waals surface area contributed by atoms with Gasteiger partial charge in [-0.15, -0.1) is 0 Å². The third-order valence-electron chi connectivity index (χ3n) is 4.02. The molecule has 2 fully saturated rings. The lowest BCUT2D eigenvalue weighted by Crippen LogP contribution is -2.47. The molecule has 0 aliphatic carbocycles. The zero-order valence-corrected chi connectivity index (χ0v) is 10.7. The summed E-state index contributed by atoms with van der Waals surface area (Å²) in [6, 6.07) is -0.0735. The van der Waals surface area contributed by atoms with Gasteiger partial charge in [-0.2, -0.15) is 0 Å². The number of carbonyl (C=O) groups is 1. The van der Waals surface area contributed by atoms with Gasteiger partial charge in [0.25, 0.3) is 0 Å². The van der Waals surface area contributed by atoms with Crippen molar-refractivity contribution < 1.29 is 9.53 Å². The first-order chi connectivity index (χ1) is 8.31. The molecule has 4 heteroatoms. The lowest BCUT2D eigenvalue weighted by atomic mass is 9.78. The number of rotatable bonds is 3. The van der Waals surface area contributed by atoms with Crippen LogP contribution in [0.3, 0.4) is 0 Å². The Morgan fingerprint density at radius 2 is 2.18 bits per heavy atom. The van der Waals surface area contributed by atoms with E-state index in [0.717, 1.165) is 32.0 Å². The van der Waals surface area contributed by atoms with Crippen molar-refractivity contribution in [2.75, 3.05) is 26.2 Å². The first-order valence-corrected chi connectivity index (χ1v) is 6.92. The Morgan fingerprint density at radius 1 is 1.29 bits per heavy atom. The summed E-state index contributed by atoms with van der Waals surface area (Å²) in [4.78, 5) is 11.7. The molecule has 0 spiro atoms. The van der Waals surface area contributed by atoms with Gasteiger partial charge in [0.2, 0.25) is 0 Å². The minimum absolute atomic E-state index is 0.0685. The smallest absolute Gasteiger partial charge is 0.323 e. The fourth-order valence-electron chi connectivity index (χ4n) is 3.08. The molecule has 4 nitrogen and oxygen atoms in total. The molecule has 0 aromatic rings. The van der Waals surface area contributed by atoms with E-state index in [1.807, 2.05) is 6.92 Å². The molecular weight excluding hydrogens is 216 g/mol. The van der Waals surface area contributed by atoms with Crippen molar-refractivity contribution in [3.63, 3.8) is 0 Å². The van der Waals surface area contributed by atoms with Gasteiger partial charge >= 0.3 is 5.97 Å². The van der Waals surface area contributed by atoms with E-state index in [4.69, 9.17) is 4.74 Å². The Balaban J connectivity index is 1.85. The summed E-state index contributed by atoms with van der Waals surface area (Å²) in [6.07, 6.45) is 4.74. The van der Waals surface area contributed by atoms with Crippen LogP contribution in [0.4, 0.5) is 0 Å². The minimum Gasteiger partial charge on any atom is -0.465 e. The molecular formula is C13H24N2O2. The number of hydrogen-bond donors (Lipinski definition) is 2. The maximum atomic E-state index is 11.7. The highest BCUT2D eigenvalue weighted by Gasteiger charge is 2.32. The van der Waals surface area contributed by atoms with Crippen molar-refractivity contribution in [3.8, 4) is 0 Å². The van der Waals surface area contributed by atoms with Gasteiger partial charge in [0.05, 0.1) is 6.61 Å². The van der Waals surface area contributed by atoms with Gasteiger partial charge in [0.1, 0.15) is 6.04 Å². The maximum absolute atomic E-state index is 11.7. The summed E-state index contributed by atoms with van der Waals surface area (Å²) < 4.78 is 5.10. The van der Waals surface area contributed by atoms with Crippen molar-refractivity contribution in [1.82, 2.24) is 10.6 Å². The van der Waals surface area contributed by atoms with Crippen LogP contribution < -0.4 is 10.6 Å². The molecule has 98 valence electrons. The van der Waals surface area contributed by atoms with Gasteiger partial charge in [-0.05, 0) is 64.1 Å². The van der Waals surface area contributed by atoms with Gasteiger partial charge in [-0.25, -0.2) is 0 Å². The van der Waals surface area contributed by atoms with Gasteiger partial charge in [0.15, 0.2) is 0 Å². The van der Waals surface area contributed by atoms with Crippen molar-refractivity contribution >= 4 is 5.97 Å². The number of esters is 1. The van der Waals surface area contributed by atoms with E-state index in [9.17, 15) is 4.79 Å². The second-order valence-corrected chi connectivity index (χ2v) is 5.15. The Morgan fingerprint density at radius 3 is 2.88 bits per heavy atom. The molecule has 17 heavy (non-hydrogen) atoms. The fraction of sp³-hybridized carbons (Fsp3) is 0.923. The number of ether oxygens (including phenoxy) is 1. The van der Waals surface area contributed by atoms with Crippen LogP contribution in [0, 0.1) is 11.8 Å². The first kappa shape index (κ1) is 12.8. The predicted octanol–water partition coefficient (Wildman–Crippen LogP) is 0.917. The molecule has 2 heterocycles. The number of hydrogen-bond acceptors (Lipinski definition) is 4. The lowest BCUT2D eigenvalue weighted by Gasteiger charge is -2.36. The average molecular weight is 240 g/mol. The topological polar surface area (TPSA) is 50.4 Å². The summed E-state index contributed by atoms with van der Waals surface area (Å²) >= 11 is 0. The molecule has 0 bridgehead atoms. The van der Waals surface area contributed by atoms with Gasteiger partial charge < -0.3 is 15.4 Å². The van der Waals surface area contributed by atoms with Gasteiger partial charge in [0, 0.05) is 0 Å². The van der Waals surface area contributed by atoms with E-state index in [1.54, 1.807) is 0 Å². The largest absolute Gasteiger partial charge is 0.465 e. The summed E-state index contributed by atoms with van der Waals surface area (Å²) in [5.41, 5.74) is 0. The molecule has 0 radical (unpaired) electrons. The van der Waals surface area contributed by atoms with Crippen LogP contribution in [0.1, 0.15) is 32.6 Å². The quantitative estimate of drug-likeness (QED) is 0.720. The molecule has 0 saturated carbocycles. The molecule has 2 saturated heterocycles. The third-order valence-corrected chi connectivity index (χ3v) is 4.02. The molecule has 0 amide bonds. The Hall–Kier alpha value is -0.610. The highest BCUT2D eigenvalue weighted by Crippen LogP contribution is 2.29. The van der Waals surface area contributed by atoms with Crippen LogP contribution in [0.25, 0.3) is 0 Å². The summed E-state index contributed by atoms with van der Waals surface area (Å²) in [6.45, 7) is 5.57. The predicted molar refractivity (Wildman–Crippen MR) is 66.7 cm³/mol. The van der Waals surface area contributed by atoms with E-state index in [0.29, 0.717) is 12.5 Å². The molecule has 0 aromatic heterocycles. The van der Waals surface area contributed by atoms with Crippen LogP contribution in [-0.4, -0.2) is 38.3 Å². The van der Waals surface area contributed by atoms with E-state index in [-0.39, 0.29) is 12.0 Å². The van der Waals surface area contributed by atoms with E-state index in [2.05, 4.69) is 10.6 Å². The Kier molecular flexibility index (Phi) is 4.80. The highest BCUT2D eigenvalue weighted by molar-refractivity contribution is 5.75. The molecule has 2 aliphatic heterocycles. The zero-order chi connectivity index (χ0) is 12.1.